The Morgan fingerprint density at radius 2 is 1.94 bits per heavy atom. The lowest BCUT2D eigenvalue weighted by atomic mass is 10.0. The van der Waals surface area contributed by atoms with Crippen molar-refractivity contribution >= 4 is 10.0 Å². The predicted molar refractivity (Wildman–Crippen MR) is 71.8 cm³/mol. The number of hydrogen-bond donors (Lipinski definition) is 2. The average molecular weight is 271 g/mol. The van der Waals surface area contributed by atoms with Gasteiger partial charge >= 0.3 is 0 Å². The molecule has 4 nitrogen and oxygen atoms in total. The highest BCUT2D eigenvalue weighted by Gasteiger charge is 2.26. The largest absolute Gasteiger partial charge is 0.392 e. The fourth-order valence-corrected chi connectivity index (χ4v) is 3.39. The third kappa shape index (κ3) is 3.31. The quantitative estimate of drug-likeness (QED) is 0.860. The van der Waals surface area contributed by atoms with E-state index in [1.807, 2.05) is 20.8 Å². The van der Waals surface area contributed by atoms with Gasteiger partial charge in [-0.25, -0.2) is 13.1 Å². The van der Waals surface area contributed by atoms with Crippen LogP contribution in [0.2, 0.25) is 0 Å². The Morgan fingerprint density at radius 3 is 2.44 bits per heavy atom. The minimum Gasteiger partial charge on any atom is -0.392 e. The van der Waals surface area contributed by atoms with Gasteiger partial charge in [-0.2, -0.15) is 0 Å². The number of aliphatic hydroxyl groups excluding tert-OH is 1. The van der Waals surface area contributed by atoms with E-state index >= 15 is 0 Å². The predicted octanol–water partition coefficient (Wildman–Crippen LogP) is 1.95. The van der Waals surface area contributed by atoms with E-state index in [9.17, 15) is 13.5 Å². The molecular weight excluding hydrogens is 250 g/mol. The summed E-state index contributed by atoms with van der Waals surface area (Å²) >= 11 is 0. The molecule has 1 rings (SSSR count). The van der Waals surface area contributed by atoms with E-state index in [0.717, 1.165) is 0 Å². The van der Waals surface area contributed by atoms with E-state index < -0.39 is 15.6 Å². The molecule has 1 aromatic rings. The maximum atomic E-state index is 12.3. The van der Waals surface area contributed by atoms with E-state index in [0.29, 0.717) is 17.5 Å². The molecule has 102 valence electrons. The highest BCUT2D eigenvalue weighted by atomic mass is 32.2. The lowest BCUT2D eigenvalue weighted by molar-refractivity contribution is 0.280. The van der Waals surface area contributed by atoms with Gasteiger partial charge in [0.25, 0.3) is 0 Å². The van der Waals surface area contributed by atoms with Crippen LogP contribution >= 0.6 is 0 Å². The maximum absolute atomic E-state index is 12.3. The molecule has 18 heavy (non-hydrogen) atoms. The molecule has 0 bridgehead atoms. The van der Waals surface area contributed by atoms with Gasteiger partial charge in [0.1, 0.15) is 0 Å². The lowest BCUT2D eigenvalue weighted by Crippen LogP contribution is -2.42. The van der Waals surface area contributed by atoms with Crippen LogP contribution in [0.25, 0.3) is 0 Å². The summed E-state index contributed by atoms with van der Waals surface area (Å²) in [7, 11) is -3.55. The van der Waals surface area contributed by atoms with Crippen molar-refractivity contribution in [3.05, 3.63) is 29.3 Å². The molecule has 0 aliphatic heterocycles. The van der Waals surface area contributed by atoms with E-state index in [-0.39, 0.29) is 11.5 Å². The Labute approximate surface area is 109 Å². The first-order valence-corrected chi connectivity index (χ1v) is 7.45. The highest BCUT2D eigenvalue weighted by molar-refractivity contribution is 7.89. The molecule has 0 saturated carbocycles. The van der Waals surface area contributed by atoms with Crippen molar-refractivity contribution < 1.29 is 13.5 Å². The third-order valence-corrected chi connectivity index (χ3v) is 4.99. The molecule has 0 atom stereocenters. The summed E-state index contributed by atoms with van der Waals surface area (Å²) in [6.07, 6.45) is 0.699. The van der Waals surface area contributed by atoms with Crippen LogP contribution in [0.5, 0.6) is 0 Å². The fourth-order valence-electron chi connectivity index (χ4n) is 1.61. The topological polar surface area (TPSA) is 66.4 Å². The van der Waals surface area contributed by atoms with Gasteiger partial charge in [-0.15, -0.1) is 0 Å². The van der Waals surface area contributed by atoms with Gasteiger partial charge in [-0.05, 0) is 44.4 Å². The smallest absolute Gasteiger partial charge is 0.241 e. The summed E-state index contributed by atoms with van der Waals surface area (Å²) < 4.78 is 27.3. The zero-order valence-corrected chi connectivity index (χ0v) is 12.1. The Bertz CT molecular complexity index is 521. The Hall–Kier alpha value is -0.910. The lowest BCUT2D eigenvalue weighted by Gasteiger charge is -2.25. The van der Waals surface area contributed by atoms with Gasteiger partial charge in [0.05, 0.1) is 11.5 Å². The second kappa shape index (κ2) is 5.38. The van der Waals surface area contributed by atoms with Crippen LogP contribution in [0.15, 0.2) is 23.1 Å². The summed E-state index contributed by atoms with van der Waals surface area (Å²) in [4.78, 5) is 0.232. The van der Waals surface area contributed by atoms with Gasteiger partial charge < -0.3 is 5.11 Å². The van der Waals surface area contributed by atoms with Crippen molar-refractivity contribution in [3.63, 3.8) is 0 Å². The molecule has 0 fully saturated rings. The minimum absolute atomic E-state index is 0.160. The van der Waals surface area contributed by atoms with E-state index in [4.69, 9.17) is 0 Å². The molecule has 0 spiro atoms. The van der Waals surface area contributed by atoms with Crippen LogP contribution in [-0.4, -0.2) is 19.1 Å². The first-order chi connectivity index (χ1) is 8.23. The molecule has 1 aromatic carbocycles. The van der Waals surface area contributed by atoms with Crippen LogP contribution in [0.1, 0.15) is 38.3 Å². The molecule has 0 radical (unpaired) electrons. The minimum atomic E-state index is -3.55. The van der Waals surface area contributed by atoms with Crippen LogP contribution < -0.4 is 4.72 Å². The molecule has 0 aliphatic carbocycles. The van der Waals surface area contributed by atoms with Crippen LogP contribution in [-0.2, 0) is 16.6 Å². The third-order valence-electron chi connectivity index (χ3n) is 3.15. The van der Waals surface area contributed by atoms with Gasteiger partial charge in [-0.3, -0.25) is 0 Å². The second-order valence-electron chi connectivity index (χ2n) is 5.04. The van der Waals surface area contributed by atoms with Gasteiger partial charge in [0.15, 0.2) is 0 Å². The molecule has 0 unspecified atom stereocenters. The van der Waals surface area contributed by atoms with Gasteiger partial charge in [-0.1, -0.05) is 19.1 Å². The molecule has 0 aromatic heterocycles. The zero-order chi connectivity index (χ0) is 14.0. The van der Waals surface area contributed by atoms with Crippen molar-refractivity contribution in [1.29, 1.82) is 0 Å². The normalized spacial score (nSPS) is 12.7. The van der Waals surface area contributed by atoms with Crippen LogP contribution in [0, 0.1) is 6.92 Å². The molecule has 5 heteroatoms. The highest BCUT2D eigenvalue weighted by Crippen LogP contribution is 2.21. The summed E-state index contributed by atoms with van der Waals surface area (Å²) in [5, 5.41) is 9.17. The van der Waals surface area contributed by atoms with Crippen molar-refractivity contribution in [2.45, 2.75) is 51.2 Å². The Morgan fingerprint density at radius 1 is 1.33 bits per heavy atom. The molecule has 0 saturated heterocycles. The van der Waals surface area contributed by atoms with Crippen LogP contribution in [0.3, 0.4) is 0 Å². The zero-order valence-electron chi connectivity index (χ0n) is 11.3. The SMILES string of the molecule is CCC(C)(C)NS(=O)(=O)c1cccc(CO)c1C. The van der Waals surface area contributed by atoms with E-state index in [2.05, 4.69) is 4.72 Å². The first-order valence-electron chi connectivity index (χ1n) is 5.97. The van der Waals surface area contributed by atoms with Crippen molar-refractivity contribution in [3.8, 4) is 0 Å². The van der Waals surface area contributed by atoms with Crippen molar-refractivity contribution in [2.24, 2.45) is 0 Å². The molecule has 0 heterocycles. The van der Waals surface area contributed by atoms with Gasteiger partial charge in [0.2, 0.25) is 10.0 Å². The van der Waals surface area contributed by atoms with E-state index in [1.165, 1.54) is 0 Å². The monoisotopic (exact) mass is 271 g/mol. The van der Waals surface area contributed by atoms with Crippen molar-refractivity contribution in [2.75, 3.05) is 0 Å². The number of sulfonamides is 1. The van der Waals surface area contributed by atoms with E-state index in [1.54, 1.807) is 25.1 Å². The summed E-state index contributed by atoms with van der Waals surface area (Å²) in [6, 6.07) is 4.92. The molecule has 0 aliphatic rings. The number of benzene rings is 1. The number of rotatable bonds is 5. The standard InChI is InChI=1S/C13H21NO3S/c1-5-13(3,4)14-18(16,17)12-8-6-7-11(9-15)10(12)2/h6-8,14-15H,5,9H2,1-4H3. The number of hydrogen-bond acceptors (Lipinski definition) is 3. The van der Waals surface area contributed by atoms with Gasteiger partial charge in [0, 0.05) is 5.54 Å². The second-order valence-corrected chi connectivity index (χ2v) is 6.69. The molecule has 2 N–H and O–H groups in total. The molecule has 0 amide bonds. The fraction of sp³-hybridized carbons (Fsp3) is 0.538. The summed E-state index contributed by atoms with van der Waals surface area (Å²) in [6.45, 7) is 7.16. The van der Waals surface area contributed by atoms with Crippen LogP contribution in [0.4, 0.5) is 0 Å². The summed E-state index contributed by atoms with van der Waals surface area (Å²) in [5.74, 6) is 0. The Kier molecular flexibility index (Phi) is 4.53. The first kappa shape index (κ1) is 15.1. The summed E-state index contributed by atoms with van der Waals surface area (Å²) in [5.41, 5.74) is 0.743. The maximum Gasteiger partial charge on any atom is 0.241 e. The average Bonchev–Trinajstić information content (AvgIpc) is 2.27. The van der Waals surface area contributed by atoms with Crippen molar-refractivity contribution in [1.82, 2.24) is 4.72 Å². The Balaban J connectivity index is 3.22. The number of nitrogens with one attached hydrogen (secondary N) is 1. The number of aliphatic hydroxyl groups is 1. The molecular formula is C13H21NO3S.